The normalized spacial score (nSPS) is 16.3. The van der Waals surface area contributed by atoms with Crippen LogP contribution in [-0.2, 0) is 4.79 Å². The third-order valence-corrected chi connectivity index (χ3v) is 4.20. The maximum atomic E-state index is 11.5. The number of aromatic nitrogens is 2. The molecule has 0 aliphatic carbocycles. The smallest absolute Gasteiger partial charge is 0.219 e. The van der Waals surface area contributed by atoms with Gasteiger partial charge in [0, 0.05) is 44.6 Å². The molecule has 0 saturated carbocycles. The van der Waals surface area contributed by atoms with Crippen LogP contribution in [0.1, 0.15) is 44.5 Å². The lowest BCUT2D eigenvalue weighted by atomic mass is 10.2. The van der Waals surface area contributed by atoms with Crippen LogP contribution in [0.3, 0.4) is 0 Å². The Morgan fingerprint density at radius 3 is 2.52 bits per heavy atom. The lowest BCUT2D eigenvalue weighted by Gasteiger charge is -2.25. The molecule has 1 aliphatic rings. The van der Waals surface area contributed by atoms with Gasteiger partial charge in [-0.2, -0.15) is 0 Å². The first-order valence-electron chi connectivity index (χ1n) is 7.44. The first-order chi connectivity index (χ1) is 9.90. The second-order valence-corrected chi connectivity index (χ2v) is 6.18. The Kier molecular flexibility index (Phi) is 5.04. The molecule has 0 atom stereocenters. The molecule has 1 aliphatic heterocycles. The van der Waals surface area contributed by atoms with Crippen LogP contribution in [0.25, 0.3) is 0 Å². The first kappa shape index (κ1) is 16.0. The second kappa shape index (κ2) is 6.60. The molecule has 6 heteroatoms. The van der Waals surface area contributed by atoms with Crippen molar-refractivity contribution in [1.82, 2.24) is 14.9 Å². The molecule has 0 unspecified atom stereocenters. The highest BCUT2D eigenvalue weighted by Gasteiger charge is 2.21. The third kappa shape index (κ3) is 3.64. The first-order valence-corrected chi connectivity index (χ1v) is 7.82. The van der Waals surface area contributed by atoms with E-state index < -0.39 is 0 Å². The summed E-state index contributed by atoms with van der Waals surface area (Å²) in [5.41, 5.74) is 0.914. The molecule has 0 spiro atoms. The highest BCUT2D eigenvalue weighted by Crippen LogP contribution is 2.26. The van der Waals surface area contributed by atoms with E-state index >= 15 is 0 Å². The number of rotatable bonds is 2. The zero-order chi connectivity index (χ0) is 15.6. The lowest BCUT2D eigenvalue weighted by molar-refractivity contribution is -0.128. The van der Waals surface area contributed by atoms with Crippen molar-refractivity contribution in [3.8, 4) is 0 Å². The SMILES string of the molecule is CC(=O)N1CCCN(c2nc(C(C)C)nc(Cl)c2C)CC1. The molecular weight excluding hydrogens is 288 g/mol. The summed E-state index contributed by atoms with van der Waals surface area (Å²) in [5.74, 6) is 2.05. The van der Waals surface area contributed by atoms with E-state index in [4.69, 9.17) is 16.6 Å². The summed E-state index contributed by atoms with van der Waals surface area (Å²) in [6.45, 7) is 10.9. The summed E-state index contributed by atoms with van der Waals surface area (Å²) in [6, 6.07) is 0. The van der Waals surface area contributed by atoms with Gasteiger partial charge in [-0.3, -0.25) is 4.79 Å². The van der Waals surface area contributed by atoms with Gasteiger partial charge in [0.1, 0.15) is 16.8 Å². The zero-order valence-corrected chi connectivity index (χ0v) is 13.9. The van der Waals surface area contributed by atoms with Crippen LogP contribution in [0.2, 0.25) is 5.15 Å². The largest absolute Gasteiger partial charge is 0.354 e. The summed E-state index contributed by atoms with van der Waals surface area (Å²) in [4.78, 5) is 24.7. The van der Waals surface area contributed by atoms with E-state index in [-0.39, 0.29) is 11.8 Å². The van der Waals surface area contributed by atoms with Crippen LogP contribution in [0, 0.1) is 6.92 Å². The van der Waals surface area contributed by atoms with Crippen molar-refractivity contribution in [2.75, 3.05) is 31.1 Å². The minimum atomic E-state index is 0.136. The van der Waals surface area contributed by atoms with E-state index in [1.54, 1.807) is 6.92 Å². The fraction of sp³-hybridized carbons (Fsp3) is 0.667. The zero-order valence-electron chi connectivity index (χ0n) is 13.2. The van der Waals surface area contributed by atoms with Crippen molar-refractivity contribution in [2.24, 2.45) is 0 Å². The van der Waals surface area contributed by atoms with Gasteiger partial charge in [0.25, 0.3) is 0 Å². The van der Waals surface area contributed by atoms with Crippen LogP contribution >= 0.6 is 11.6 Å². The molecular formula is C15H23ClN4O. The van der Waals surface area contributed by atoms with Gasteiger partial charge in [-0.1, -0.05) is 25.4 Å². The lowest BCUT2D eigenvalue weighted by Crippen LogP contribution is -2.34. The minimum Gasteiger partial charge on any atom is -0.354 e. The third-order valence-electron chi connectivity index (χ3n) is 3.84. The number of hydrogen-bond donors (Lipinski definition) is 0. The maximum Gasteiger partial charge on any atom is 0.219 e. The minimum absolute atomic E-state index is 0.136. The predicted octanol–water partition coefficient (Wildman–Crippen LogP) is 2.62. The van der Waals surface area contributed by atoms with E-state index in [0.29, 0.717) is 5.15 Å². The van der Waals surface area contributed by atoms with Crippen molar-refractivity contribution in [2.45, 2.75) is 40.0 Å². The van der Waals surface area contributed by atoms with Crippen molar-refractivity contribution in [3.63, 3.8) is 0 Å². The quantitative estimate of drug-likeness (QED) is 0.788. The Morgan fingerprint density at radius 2 is 1.90 bits per heavy atom. The standard InChI is InChI=1S/C15H23ClN4O/c1-10(2)14-17-13(16)11(3)15(18-14)20-7-5-6-19(8-9-20)12(4)21/h10H,5-9H2,1-4H3. The fourth-order valence-corrected chi connectivity index (χ4v) is 2.68. The molecule has 21 heavy (non-hydrogen) atoms. The van der Waals surface area contributed by atoms with Gasteiger partial charge in [-0.25, -0.2) is 9.97 Å². The van der Waals surface area contributed by atoms with E-state index in [1.807, 2.05) is 11.8 Å². The Bertz CT molecular complexity index is 533. The topological polar surface area (TPSA) is 49.3 Å². The second-order valence-electron chi connectivity index (χ2n) is 5.82. The number of amides is 1. The summed E-state index contributed by atoms with van der Waals surface area (Å²) in [7, 11) is 0. The van der Waals surface area contributed by atoms with Gasteiger partial charge >= 0.3 is 0 Å². The van der Waals surface area contributed by atoms with Crippen LogP contribution in [0.4, 0.5) is 5.82 Å². The molecule has 0 bridgehead atoms. The Hall–Kier alpha value is -1.36. The van der Waals surface area contributed by atoms with Gasteiger partial charge in [0.05, 0.1) is 0 Å². The van der Waals surface area contributed by atoms with Crippen molar-refractivity contribution < 1.29 is 4.79 Å². The maximum absolute atomic E-state index is 11.5. The van der Waals surface area contributed by atoms with Crippen molar-refractivity contribution in [1.29, 1.82) is 0 Å². The average molecular weight is 311 g/mol. The molecule has 0 radical (unpaired) electrons. The van der Waals surface area contributed by atoms with Gasteiger partial charge in [-0.15, -0.1) is 0 Å². The molecule has 1 aromatic rings. The molecule has 5 nitrogen and oxygen atoms in total. The van der Waals surface area contributed by atoms with Gasteiger partial charge in [0.2, 0.25) is 5.91 Å². The molecule has 1 fully saturated rings. The van der Waals surface area contributed by atoms with Crippen molar-refractivity contribution in [3.05, 3.63) is 16.5 Å². The predicted molar refractivity (Wildman–Crippen MR) is 85.0 cm³/mol. The number of carbonyl (C=O) groups is 1. The summed E-state index contributed by atoms with van der Waals surface area (Å²) in [5, 5.41) is 0.524. The molecule has 116 valence electrons. The molecule has 2 rings (SSSR count). The highest BCUT2D eigenvalue weighted by atomic mass is 35.5. The van der Waals surface area contributed by atoms with Crippen LogP contribution in [-0.4, -0.2) is 47.0 Å². The number of hydrogen-bond acceptors (Lipinski definition) is 4. The summed E-state index contributed by atoms with van der Waals surface area (Å²) < 4.78 is 0. The Labute approximate surface area is 131 Å². The molecule has 1 saturated heterocycles. The van der Waals surface area contributed by atoms with E-state index in [0.717, 1.165) is 49.8 Å². The number of nitrogens with zero attached hydrogens (tertiary/aromatic N) is 4. The summed E-state index contributed by atoms with van der Waals surface area (Å²) >= 11 is 6.26. The van der Waals surface area contributed by atoms with E-state index in [1.165, 1.54) is 0 Å². The molecule has 1 amide bonds. The fourth-order valence-electron chi connectivity index (χ4n) is 2.50. The molecule has 1 aromatic heterocycles. The van der Waals surface area contributed by atoms with E-state index in [9.17, 15) is 4.79 Å². The number of carbonyl (C=O) groups excluding carboxylic acids is 1. The van der Waals surface area contributed by atoms with Crippen molar-refractivity contribution >= 4 is 23.3 Å². The molecule has 2 heterocycles. The Morgan fingerprint density at radius 1 is 1.19 bits per heavy atom. The summed E-state index contributed by atoms with van der Waals surface area (Å²) in [6.07, 6.45) is 0.942. The van der Waals surface area contributed by atoms with Gasteiger partial charge < -0.3 is 9.80 Å². The molecule has 0 N–H and O–H groups in total. The van der Waals surface area contributed by atoms with Crippen LogP contribution in [0.5, 0.6) is 0 Å². The van der Waals surface area contributed by atoms with E-state index in [2.05, 4.69) is 23.7 Å². The highest BCUT2D eigenvalue weighted by molar-refractivity contribution is 6.30. The molecule has 0 aromatic carbocycles. The number of anilines is 1. The Balaban J connectivity index is 2.27. The van der Waals surface area contributed by atoms with Crippen LogP contribution in [0.15, 0.2) is 0 Å². The van der Waals surface area contributed by atoms with Crippen LogP contribution < -0.4 is 4.90 Å². The van der Waals surface area contributed by atoms with Gasteiger partial charge in [-0.05, 0) is 13.3 Å². The van der Waals surface area contributed by atoms with Gasteiger partial charge in [0.15, 0.2) is 0 Å². The average Bonchev–Trinajstić information content (AvgIpc) is 2.67. The monoisotopic (exact) mass is 310 g/mol. The number of halogens is 1.